The molecule has 5 rings (SSSR count). The molecule has 2 aromatic rings. The van der Waals surface area contributed by atoms with Gasteiger partial charge in [0, 0.05) is 0 Å². The zero-order chi connectivity index (χ0) is 11.0. The van der Waals surface area contributed by atoms with E-state index in [1.54, 1.807) is 11.1 Å². The zero-order valence-electron chi connectivity index (χ0n) is 9.95. The summed E-state index contributed by atoms with van der Waals surface area (Å²) in [6.45, 7) is 0. The Morgan fingerprint density at radius 2 is 1.35 bits per heavy atom. The lowest BCUT2D eigenvalue weighted by atomic mass is 9.89. The maximum Gasteiger partial charge on any atom is -0.00962 e. The van der Waals surface area contributed by atoms with Crippen LogP contribution in [0, 0.1) is 5.41 Å². The van der Waals surface area contributed by atoms with Crippen molar-refractivity contribution < 1.29 is 0 Å². The molecule has 17 heavy (non-hydrogen) atoms. The van der Waals surface area contributed by atoms with Crippen LogP contribution in [0.2, 0.25) is 0 Å². The van der Waals surface area contributed by atoms with E-state index in [0.717, 1.165) is 17.3 Å². The molecule has 0 amide bonds. The van der Waals surface area contributed by atoms with Crippen molar-refractivity contribution >= 4 is 10.8 Å². The first-order chi connectivity index (χ1) is 8.38. The van der Waals surface area contributed by atoms with Crippen molar-refractivity contribution in [2.45, 2.75) is 37.5 Å². The van der Waals surface area contributed by atoms with Crippen LogP contribution in [0.5, 0.6) is 0 Å². The highest BCUT2D eigenvalue weighted by Gasteiger charge is 2.63. The third kappa shape index (κ3) is 0.887. The second-order valence-electron chi connectivity index (χ2n) is 6.24. The lowest BCUT2D eigenvalue weighted by molar-refractivity contribution is 0.460. The summed E-state index contributed by atoms with van der Waals surface area (Å²) in [4.78, 5) is 0. The fraction of sp³-hybridized carbons (Fsp3) is 0.412. The number of rotatable bonds is 0. The van der Waals surface area contributed by atoms with E-state index in [-0.39, 0.29) is 0 Å². The zero-order valence-corrected chi connectivity index (χ0v) is 9.95. The minimum absolute atomic E-state index is 0.736. The monoisotopic (exact) mass is 220 g/mol. The van der Waals surface area contributed by atoms with Gasteiger partial charge in [0.25, 0.3) is 0 Å². The molecule has 2 atom stereocenters. The molecule has 2 aromatic carbocycles. The Balaban J connectivity index is 1.85. The summed E-state index contributed by atoms with van der Waals surface area (Å²) in [5, 5.41) is 2.88. The Morgan fingerprint density at radius 3 is 1.82 bits per heavy atom. The van der Waals surface area contributed by atoms with Crippen LogP contribution in [0.15, 0.2) is 36.4 Å². The largest absolute Gasteiger partial charge is 0.0616 e. The van der Waals surface area contributed by atoms with Gasteiger partial charge in [-0.2, -0.15) is 0 Å². The highest BCUT2D eigenvalue weighted by atomic mass is 14.7. The summed E-state index contributed by atoms with van der Waals surface area (Å²) in [5.41, 5.74) is 4.15. The number of fused-ring (bicyclic) bond motifs is 4. The molecule has 3 aliphatic carbocycles. The SMILES string of the molecule is c1ccc2cc3c(cc2c1)[C@H]1CC[C@@H]3C12CC2. The van der Waals surface area contributed by atoms with Gasteiger partial charge in [-0.3, -0.25) is 0 Å². The lowest BCUT2D eigenvalue weighted by Crippen LogP contribution is -2.02. The smallest absolute Gasteiger partial charge is 0.00962 e. The van der Waals surface area contributed by atoms with Crippen molar-refractivity contribution in [3.8, 4) is 0 Å². The summed E-state index contributed by atoms with van der Waals surface area (Å²) in [6.07, 6.45) is 5.90. The predicted molar refractivity (Wildman–Crippen MR) is 70.3 cm³/mol. The van der Waals surface area contributed by atoms with E-state index in [2.05, 4.69) is 36.4 Å². The first-order valence-corrected chi connectivity index (χ1v) is 6.91. The van der Waals surface area contributed by atoms with Gasteiger partial charge in [-0.15, -0.1) is 0 Å². The second-order valence-corrected chi connectivity index (χ2v) is 6.24. The van der Waals surface area contributed by atoms with Crippen molar-refractivity contribution in [2.75, 3.05) is 0 Å². The molecule has 0 nitrogen and oxygen atoms in total. The van der Waals surface area contributed by atoms with Gasteiger partial charge in [0.05, 0.1) is 0 Å². The molecule has 0 heteroatoms. The van der Waals surface area contributed by atoms with E-state index < -0.39 is 0 Å². The van der Waals surface area contributed by atoms with E-state index >= 15 is 0 Å². The number of benzene rings is 2. The van der Waals surface area contributed by atoms with Crippen molar-refractivity contribution in [1.29, 1.82) is 0 Å². The van der Waals surface area contributed by atoms with Crippen molar-refractivity contribution in [3.63, 3.8) is 0 Å². The molecule has 0 aliphatic heterocycles. The van der Waals surface area contributed by atoms with E-state index in [4.69, 9.17) is 0 Å². The van der Waals surface area contributed by atoms with E-state index in [1.807, 2.05) is 0 Å². The van der Waals surface area contributed by atoms with Gasteiger partial charge >= 0.3 is 0 Å². The highest BCUT2D eigenvalue weighted by Crippen LogP contribution is 2.76. The first-order valence-electron chi connectivity index (χ1n) is 6.91. The molecule has 0 radical (unpaired) electrons. The van der Waals surface area contributed by atoms with Crippen LogP contribution in [-0.4, -0.2) is 0 Å². The number of hydrogen-bond acceptors (Lipinski definition) is 0. The third-order valence-corrected chi connectivity index (χ3v) is 5.66. The fourth-order valence-corrected chi connectivity index (χ4v) is 4.80. The average Bonchev–Trinajstić information content (AvgIpc) is 3.01. The summed E-state index contributed by atoms with van der Waals surface area (Å²) < 4.78 is 0. The van der Waals surface area contributed by atoms with Gasteiger partial charge in [0.1, 0.15) is 0 Å². The maximum absolute atomic E-state index is 2.49. The normalized spacial score (nSPS) is 31.1. The number of hydrogen-bond donors (Lipinski definition) is 0. The molecule has 2 fully saturated rings. The minimum atomic E-state index is 0.736. The van der Waals surface area contributed by atoms with Crippen molar-refractivity contribution in [1.82, 2.24) is 0 Å². The van der Waals surface area contributed by atoms with Crippen LogP contribution in [-0.2, 0) is 0 Å². The van der Waals surface area contributed by atoms with Crippen LogP contribution in [0.4, 0.5) is 0 Å². The molecule has 84 valence electrons. The average molecular weight is 220 g/mol. The molecule has 0 heterocycles. The van der Waals surface area contributed by atoms with Crippen LogP contribution >= 0.6 is 0 Å². The van der Waals surface area contributed by atoms with Gasteiger partial charge in [0.2, 0.25) is 0 Å². The fourth-order valence-electron chi connectivity index (χ4n) is 4.80. The molecular formula is C17H16. The van der Waals surface area contributed by atoms with Crippen molar-refractivity contribution in [2.24, 2.45) is 5.41 Å². The van der Waals surface area contributed by atoms with Gasteiger partial charge in [-0.1, -0.05) is 36.4 Å². The maximum atomic E-state index is 2.49. The minimum Gasteiger partial charge on any atom is -0.0616 e. The standard InChI is InChI=1S/C17H16/c1-2-4-12-10-14-13(9-11(12)3-1)15-5-6-16(14)17(15)7-8-17/h1-4,9-10,15-16H,5-8H2/t15-,16+. The molecule has 3 aliphatic rings. The van der Waals surface area contributed by atoms with Crippen LogP contribution < -0.4 is 0 Å². The summed E-state index contributed by atoms with van der Waals surface area (Å²) in [7, 11) is 0. The molecule has 2 saturated carbocycles. The predicted octanol–water partition coefficient (Wildman–Crippen LogP) is 4.59. The summed E-state index contributed by atoms with van der Waals surface area (Å²) >= 11 is 0. The Morgan fingerprint density at radius 1 is 0.824 bits per heavy atom. The van der Waals surface area contributed by atoms with Gasteiger partial charge in [-0.05, 0) is 64.8 Å². The first kappa shape index (κ1) is 8.74. The van der Waals surface area contributed by atoms with Gasteiger partial charge in [-0.25, -0.2) is 0 Å². The molecule has 0 aromatic heterocycles. The highest BCUT2D eigenvalue weighted by molar-refractivity contribution is 5.85. The third-order valence-electron chi connectivity index (χ3n) is 5.66. The summed E-state index contributed by atoms with van der Waals surface area (Å²) in [6, 6.07) is 13.8. The van der Waals surface area contributed by atoms with E-state index in [9.17, 15) is 0 Å². The van der Waals surface area contributed by atoms with Crippen LogP contribution in [0.25, 0.3) is 10.8 Å². The van der Waals surface area contributed by atoms with Gasteiger partial charge < -0.3 is 0 Å². The van der Waals surface area contributed by atoms with Gasteiger partial charge in [0.15, 0.2) is 0 Å². The Hall–Kier alpha value is -1.30. The lowest BCUT2D eigenvalue weighted by Gasteiger charge is -2.15. The topological polar surface area (TPSA) is 0 Å². The summed E-state index contributed by atoms with van der Waals surface area (Å²) in [5.74, 6) is 1.82. The van der Waals surface area contributed by atoms with Crippen LogP contribution in [0.1, 0.15) is 48.6 Å². The van der Waals surface area contributed by atoms with Crippen LogP contribution in [0.3, 0.4) is 0 Å². The Bertz CT molecular complexity index is 581. The Kier molecular flexibility index (Phi) is 1.33. The molecular weight excluding hydrogens is 204 g/mol. The molecule has 0 N–H and O–H groups in total. The van der Waals surface area contributed by atoms with Crippen molar-refractivity contribution in [3.05, 3.63) is 47.5 Å². The Labute approximate surface area is 102 Å². The molecule has 0 saturated heterocycles. The van der Waals surface area contributed by atoms with E-state index in [0.29, 0.717) is 0 Å². The molecule has 1 spiro atoms. The molecule has 0 unspecified atom stereocenters. The quantitative estimate of drug-likeness (QED) is 0.609. The van der Waals surface area contributed by atoms with E-state index in [1.165, 1.54) is 36.5 Å². The second kappa shape index (κ2) is 2.58. The molecule has 2 bridgehead atoms.